The Labute approximate surface area is 358 Å². The van der Waals surface area contributed by atoms with E-state index >= 15 is 0 Å². The number of rotatable bonds is 7. The van der Waals surface area contributed by atoms with Crippen LogP contribution in [-0.2, 0) is 0 Å². The second kappa shape index (κ2) is 14.5. The van der Waals surface area contributed by atoms with Gasteiger partial charge in [-0.05, 0) is 99.3 Å². The fraction of sp³-hybridized carbons (Fsp3) is 0. The van der Waals surface area contributed by atoms with Crippen LogP contribution in [0.2, 0.25) is 0 Å². The second-order valence-electron chi connectivity index (χ2n) is 15.7. The molecule has 0 amide bonds. The van der Waals surface area contributed by atoms with Crippen molar-refractivity contribution in [2.24, 2.45) is 0 Å². The number of anilines is 3. The average Bonchev–Trinajstić information content (AvgIpc) is 3.87. The van der Waals surface area contributed by atoms with Crippen LogP contribution in [0.25, 0.3) is 91.8 Å². The lowest BCUT2D eigenvalue weighted by Crippen LogP contribution is -2.09. The molecule has 12 rings (SSSR count). The van der Waals surface area contributed by atoms with Gasteiger partial charge in [-0.25, -0.2) is 0 Å². The Kier molecular flexibility index (Phi) is 8.39. The average molecular weight is 795 g/mol. The Morgan fingerprint density at radius 2 is 0.803 bits per heavy atom. The summed E-state index contributed by atoms with van der Waals surface area (Å²) in [6.07, 6.45) is 0. The first-order chi connectivity index (χ1) is 30.3. The smallest absolute Gasteiger partial charge is 0.0541 e. The van der Waals surface area contributed by atoms with Gasteiger partial charge < -0.3 is 9.47 Å². The van der Waals surface area contributed by atoms with Crippen molar-refractivity contribution in [1.82, 2.24) is 4.57 Å². The van der Waals surface area contributed by atoms with Gasteiger partial charge in [0.2, 0.25) is 0 Å². The molecule has 0 saturated heterocycles. The van der Waals surface area contributed by atoms with E-state index in [0.29, 0.717) is 0 Å². The molecule has 0 aliphatic carbocycles. The zero-order chi connectivity index (χ0) is 40.3. The predicted molar refractivity (Wildman–Crippen MR) is 262 cm³/mol. The zero-order valence-corrected chi connectivity index (χ0v) is 34.1. The third-order valence-electron chi connectivity index (χ3n) is 12.2. The standard InChI is InChI=1S/C58H38N2S/c1-2-16-45-39(14-1)15-13-23-46(45)40-28-32-42(33-29-40)59(44-36-37-53-52-22-8-12-27-57(52)61-58(53)38-44)43-34-30-41(31-35-43)47-17-3-4-18-48(47)49-19-5-9-24-54(49)60-55-25-10-6-20-50(55)51-21-7-11-26-56(51)60/h1-38H. The summed E-state index contributed by atoms with van der Waals surface area (Å²) in [5.74, 6) is 0. The molecule has 3 heteroatoms. The molecule has 0 fully saturated rings. The van der Waals surface area contributed by atoms with E-state index in [1.165, 1.54) is 91.8 Å². The minimum Gasteiger partial charge on any atom is -0.310 e. The topological polar surface area (TPSA) is 8.17 Å². The zero-order valence-electron chi connectivity index (χ0n) is 33.2. The van der Waals surface area contributed by atoms with Crippen LogP contribution in [0.3, 0.4) is 0 Å². The van der Waals surface area contributed by atoms with Gasteiger partial charge in [-0.15, -0.1) is 11.3 Å². The highest BCUT2D eigenvalue weighted by Gasteiger charge is 2.19. The molecule has 0 radical (unpaired) electrons. The predicted octanol–water partition coefficient (Wildman–Crippen LogP) is 16.8. The summed E-state index contributed by atoms with van der Waals surface area (Å²) in [6, 6.07) is 84.1. The van der Waals surface area contributed by atoms with Crippen molar-refractivity contribution in [1.29, 1.82) is 0 Å². The summed E-state index contributed by atoms with van der Waals surface area (Å²) >= 11 is 1.86. The lowest BCUT2D eigenvalue weighted by molar-refractivity contribution is 1.18. The molecule has 0 saturated carbocycles. The highest BCUT2D eigenvalue weighted by Crippen LogP contribution is 2.44. The Balaban J connectivity index is 0.970. The molecule has 0 N–H and O–H groups in total. The summed E-state index contributed by atoms with van der Waals surface area (Å²) in [5, 5.41) is 7.64. The van der Waals surface area contributed by atoms with Gasteiger partial charge in [-0.2, -0.15) is 0 Å². The summed E-state index contributed by atoms with van der Waals surface area (Å²) in [4.78, 5) is 2.39. The van der Waals surface area contributed by atoms with E-state index in [9.17, 15) is 0 Å². The normalized spacial score (nSPS) is 11.6. The summed E-state index contributed by atoms with van der Waals surface area (Å²) in [6.45, 7) is 0. The molecule has 286 valence electrons. The molecule has 2 aromatic heterocycles. The minimum atomic E-state index is 1.10. The van der Waals surface area contributed by atoms with Crippen LogP contribution < -0.4 is 4.90 Å². The maximum absolute atomic E-state index is 2.43. The molecule has 0 spiro atoms. The highest BCUT2D eigenvalue weighted by molar-refractivity contribution is 7.25. The van der Waals surface area contributed by atoms with E-state index in [2.05, 4.69) is 240 Å². The number of nitrogens with zero attached hydrogens (tertiary/aromatic N) is 2. The SMILES string of the molecule is c1ccc(-c2ccccc2-n2c3ccccc3c3ccccc32)c(-c2ccc(N(c3ccc(-c4cccc5ccccc45)cc3)c3ccc4c(c3)sc3ccccc34)cc2)c1. The second-order valence-corrected chi connectivity index (χ2v) is 16.8. The van der Waals surface area contributed by atoms with Crippen molar-refractivity contribution in [2.75, 3.05) is 4.90 Å². The molecule has 0 bridgehead atoms. The van der Waals surface area contributed by atoms with Crippen LogP contribution in [0.5, 0.6) is 0 Å². The number of thiophene rings is 1. The summed E-state index contributed by atoms with van der Waals surface area (Å²) in [5.41, 5.74) is 14.1. The molecule has 61 heavy (non-hydrogen) atoms. The van der Waals surface area contributed by atoms with E-state index in [1.54, 1.807) is 0 Å². The number of hydrogen-bond acceptors (Lipinski definition) is 2. The lowest BCUT2D eigenvalue weighted by atomic mass is 9.93. The lowest BCUT2D eigenvalue weighted by Gasteiger charge is -2.26. The molecule has 0 atom stereocenters. The van der Waals surface area contributed by atoms with Gasteiger partial charge >= 0.3 is 0 Å². The van der Waals surface area contributed by atoms with Gasteiger partial charge in [0.05, 0.1) is 16.7 Å². The van der Waals surface area contributed by atoms with Crippen LogP contribution in [-0.4, -0.2) is 4.57 Å². The van der Waals surface area contributed by atoms with Crippen molar-refractivity contribution >= 4 is 81.1 Å². The molecule has 0 aliphatic heterocycles. The Bertz CT molecular complexity index is 3530. The number of hydrogen-bond donors (Lipinski definition) is 0. The molecule has 10 aromatic carbocycles. The van der Waals surface area contributed by atoms with E-state index in [-0.39, 0.29) is 0 Å². The third-order valence-corrected chi connectivity index (χ3v) is 13.4. The molecule has 0 aliphatic rings. The number of para-hydroxylation sites is 3. The summed E-state index contributed by atoms with van der Waals surface area (Å²) in [7, 11) is 0. The quantitative estimate of drug-likeness (QED) is 0.156. The van der Waals surface area contributed by atoms with E-state index in [0.717, 1.165) is 17.1 Å². The van der Waals surface area contributed by atoms with Crippen molar-refractivity contribution in [3.8, 4) is 39.1 Å². The van der Waals surface area contributed by atoms with E-state index < -0.39 is 0 Å². The van der Waals surface area contributed by atoms with Crippen LogP contribution in [0, 0.1) is 0 Å². The summed E-state index contributed by atoms with van der Waals surface area (Å²) < 4.78 is 5.02. The number of fused-ring (bicyclic) bond motifs is 7. The fourth-order valence-corrected chi connectivity index (χ4v) is 10.5. The fourth-order valence-electron chi connectivity index (χ4n) is 9.41. The Morgan fingerprint density at radius 3 is 1.52 bits per heavy atom. The first kappa shape index (κ1) is 35.2. The molecule has 12 aromatic rings. The maximum Gasteiger partial charge on any atom is 0.0541 e. The van der Waals surface area contributed by atoms with Crippen molar-refractivity contribution < 1.29 is 0 Å². The van der Waals surface area contributed by atoms with Gasteiger partial charge in [0, 0.05) is 53.6 Å². The van der Waals surface area contributed by atoms with Gasteiger partial charge in [-0.3, -0.25) is 0 Å². The van der Waals surface area contributed by atoms with Crippen molar-refractivity contribution in [2.45, 2.75) is 0 Å². The maximum atomic E-state index is 2.43. The van der Waals surface area contributed by atoms with Crippen LogP contribution >= 0.6 is 11.3 Å². The van der Waals surface area contributed by atoms with Gasteiger partial charge in [0.25, 0.3) is 0 Å². The highest BCUT2D eigenvalue weighted by atomic mass is 32.1. The van der Waals surface area contributed by atoms with Crippen LogP contribution in [0.1, 0.15) is 0 Å². The van der Waals surface area contributed by atoms with Crippen molar-refractivity contribution in [3.63, 3.8) is 0 Å². The number of benzene rings is 10. The Hall–Kier alpha value is -7.72. The van der Waals surface area contributed by atoms with Crippen LogP contribution in [0.15, 0.2) is 231 Å². The van der Waals surface area contributed by atoms with Gasteiger partial charge in [0.15, 0.2) is 0 Å². The first-order valence-corrected chi connectivity index (χ1v) is 21.7. The van der Waals surface area contributed by atoms with Gasteiger partial charge in [0.1, 0.15) is 0 Å². The van der Waals surface area contributed by atoms with E-state index in [1.807, 2.05) is 11.3 Å². The van der Waals surface area contributed by atoms with Crippen LogP contribution in [0.4, 0.5) is 17.1 Å². The monoisotopic (exact) mass is 794 g/mol. The van der Waals surface area contributed by atoms with Crippen molar-refractivity contribution in [3.05, 3.63) is 231 Å². The molecular formula is C58H38N2S. The molecular weight excluding hydrogens is 757 g/mol. The Morgan fingerprint density at radius 1 is 0.311 bits per heavy atom. The van der Waals surface area contributed by atoms with Gasteiger partial charge in [-0.1, -0.05) is 170 Å². The third kappa shape index (κ3) is 5.93. The largest absolute Gasteiger partial charge is 0.310 e. The first-order valence-electron chi connectivity index (χ1n) is 20.8. The van der Waals surface area contributed by atoms with E-state index in [4.69, 9.17) is 0 Å². The molecule has 0 unspecified atom stereocenters. The molecule has 2 nitrogen and oxygen atoms in total. The molecule has 2 heterocycles. The minimum absolute atomic E-state index is 1.10. The number of aromatic nitrogens is 1.